The van der Waals surface area contributed by atoms with Gasteiger partial charge in [0.1, 0.15) is 0 Å². The van der Waals surface area contributed by atoms with E-state index in [1.165, 1.54) is 0 Å². The fraction of sp³-hybridized carbons (Fsp3) is 0.429. The minimum Gasteiger partial charge on any atom is -0.481 e. The third-order valence-corrected chi connectivity index (χ3v) is 2.73. The van der Waals surface area contributed by atoms with Crippen molar-refractivity contribution in [2.75, 3.05) is 20.6 Å². The van der Waals surface area contributed by atoms with Gasteiger partial charge in [0.05, 0.1) is 6.42 Å². The zero-order chi connectivity index (χ0) is 14.3. The Morgan fingerprint density at radius 2 is 1.79 bits per heavy atom. The third-order valence-electron chi connectivity index (χ3n) is 2.73. The zero-order valence-electron chi connectivity index (χ0n) is 11.4. The van der Waals surface area contributed by atoms with Gasteiger partial charge < -0.3 is 5.11 Å². The Hall–Kier alpha value is -1.88. The molecule has 0 unspecified atom stereocenters. The predicted octanol–water partition coefficient (Wildman–Crippen LogP) is 1.40. The molecule has 0 spiro atoms. The number of carboxylic acids is 1. The molecule has 0 aliphatic rings. The number of aliphatic carboxylic acids is 1. The lowest BCUT2D eigenvalue weighted by molar-refractivity contribution is -0.145. The molecule has 0 atom stereocenters. The van der Waals surface area contributed by atoms with E-state index < -0.39 is 5.97 Å². The second-order valence-corrected chi connectivity index (χ2v) is 4.52. The maximum absolute atomic E-state index is 12.2. The van der Waals surface area contributed by atoms with Crippen LogP contribution in [0.25, 0.3) is 0 Å². The molecule has 0 bridgehead atoms. The smallest absolute Gasteiger partial charge is 0.303 e. The van der Waals surface area contributed by atoms with Crippen molar-refractivity contribution in [1.29, 1.82) is 0 Å². The first-order valence-corrected chi connectivity index (χ1v) is 6.24. The van der Waals surface area contributed by atoms with E-state index in [9.17, 15) is 9.59 Å². The number of carbonyl (C=O) groups excluding carboxylic acids is 1. The molecule has 1 rings (SSSR count). The van der Waals surface area contributed by atoms with Gasteiger partial charge >= 0.3 is 5.97 Å². The summed E-state index contributed by atoms with van der Waals surface area (Å²) in [6.45, 7) is 0.422. The van der Waals surface area contributed by atoms with E-state index in [1.54, 1.807) is 24.1 Å². The highest BCUT2D eigenvalue weighted by atomic mass is 16.4. The van der Waals surface area contributed by atoms with Crippen molar-refractivity contribution in [2.45, 2.75) is 19.3 Å². The van der Waals surface area contributed by atoms with Crippen LogP contribution in [0.3, 0.4) is 0 Å². The molecule has 1 amide bonds. The van der Waals surface area contributed by atoms with Crippen molar-refractivity contribution in [1.82, 2.24) is 10.0 Å². The summed E-state index contributed by atoms with van der Waals surface area (Å²) >= 11 is 0. The first-order valence-electron chi connectivity index (χ1n) is 6.24. The number of hydrogen-bond donors (Lipinski definition) is 1. The molecule has 0 saturated heterocycles. The van der Waals surface area contributed by atoms with Gasteiger partial charge in [0.25, 0.3) is 0 Å². The lowest BCUT2D eigenvalue weighted by atomic mass is 10.1. The standard InChI is InChI=1S/C14H20N2O3/c1-15(2)16(10-6-9-14(18)19)13(17)11-12-7-4-3-5-8-12/h3-5,7-8H,6,9-11H2,1-2H3,(H,18,19). The Bertz CT molecular complexity index is 418. The van der Waals surface area contributed by atoms with Crippen LogP contribution in [0, 0.1) is 0 Å². The van der Waals surface area contributed by atoms with Crippen LogP contribution in [0.15, 0.2) is 30.3 Å². The Labute approximate surface area is 113 Å². The van der Waals surface area contributed by atoms with E-state index in [4.69, 9.17) is 5.11 Å². The second-order valence-electron chi connectivity index (χ2n) is 4.52. The first-order chi connectivity index (χ1) is 9.00. The number of benzene rings is 1. The molecule has 0 aliphatic heterocycles. The average molecular weight is 264 g/mol. The number of rotatable bonds is 7. The molecule has 5 heteroatoms. The van der Waals surface area contributed by atoms with Gasteiger partial charge in [-0.05, 0) is 12.0 Å². The highest BCUT2D eigenvalue weighted by molar-refractivity contribution is 5.78. The van der Waals surface area contributed by atoms with Gasteiger partial charge in [-0.2, -0.15) is 0 Å². The SMILES string of the molecule is CN(C)N(CCCC(=O)O)C(=O)Cc1ccccc1. The zero-order valence-corrected chi connectivity index (χ0v) is 11.4. The van der Waals surface area contributed by atoms with Crippen LogP contribution < -0.4 is 0 Å². The van der Waals surface area contributed by atoms with Crippen LogP contribution in [0.1, 0.15) is 18.4 Å². The molecule has 1 N–H and O–H groups in total. The molecule has 0 fully saturated rings. The van der Waals surface area contributed by atoms with Crippen molar-refractivity contribution >= 4 is 11.9 Å². The van der Waals surface area contributed by atoms with Gasteiger partial charge in [-0.15, -0.1) is 0 Å². The fourth-order valence-corrected chi connectivity index (χ4v) is 1.79. The Balaban J connectivity index is 2.55. The molecule has 0 heterocycles. The highest BCUT2D eigenvalue weighted by Crippen LogP contribution is 2.05. The van der Waals surface area contributed by atoms with Crippen molar-refractivity contribution in [3.63, 3.8) is 0 Å². The number of carboxylic acid groups (broad SMARTS) is 1. The lowest BCUT2D eigenvalue weighted by Gasteiger charge is -2.29. The predicted molar refractivity (Wildman–Crippen MR) is 72.4 cm³/mol. The molecule has 1 aromatic rings. The quantitative estimate of drug-likeness (QED) is 0.756. The van der Waals surface area contributed by atoms with E-state index in [-0.39, 0.29) is 12.3 Å². The van der Waals surface area contributed by atoms with Crippen molar-refractivity contribution in [3.05, 3.63) is 35.9 Å². The van der Waals surface area contributed by atoms with E-state index in [2.05, 4.69) is 0 Å². The molecule has 104 valence electrons. The van der Waals surface area contributed by atoms with Crippen LogP contribution >= 0.6 is 0 Å². The van der Waals surface area contributed by atoms with Crippen molar-refractivity contribution < 1.29 is 14.7 Å². The van der Waals surface area contributed by atoms with Gasteiger partial charge in [-0.3, -0.25) is 14.6 Å². The molecule has 1 aromatic carbocycles. The fourth-order valence-electron chi connectivity index (χ4n) is 1.79. The Kier molecular flexibility index (Phi) is 6.02. The number of nitrogens with zero attached hydrogens (tertiary/aromatic N) is 2. The van der Waals surface area contributed by atoms with Crippen molar-refractivity contribution in [2.24, 2.45) is 0 Å². The number of carbonyl (C=O) groups is 2. The Morgan fingerprint density at radius 1 is 1.16 bits per heavy atom. The molecule has 0 aromatic heterocycles. The molecule has 0 saturated carbocycles. The summed E-state index contributed by atoms with van der Waals surface area (Å²) in [5.41, 5.74) is 0.956. The molecular formula is C14H20N2O3. The normalized spacial score (nSPS) is 10.5. The largest absolute Gasteiger partial charge is 0.481 e. The van der Waals surface area contributed by atoms with Crippen molar-refractivity contribution in [3.8, 4) is 0 Å². The molecular weight excluding hydrogens is 244 g/mol. The number of hydrazine groups is 1. The lowest BCUT2D eigenvalue weighted by Crippen LogP contribution is -2.43. The van der Waals surface area contributed by atoms with E-state index in [0.29, 0.717) is 19.4 Å². The maximum atomic E-state index is 12.2. The van der Waals surface area contributed by atoms with Crippen LogP contribution in [-0.2, 0) is 16.0 Å². The van der Waals surface area contributed by atoms with Gasteiger partial charge in [-0.25, -0.2) is 5.01 Å². The van der Waals surface area contributed by atoms with Crippen LogP contribution in [0.2, 0.25) is 0 Å². The van der Waals surface area contributed by atoms with Gasteiger partial charge in [0.2, 0.25) is 5.91 Å². The number of amides is 1. The molecule has 0 radical (unpaired) electrons. The van der Waals surface area contributed by atoms with Gasteiger partial charge in [0.15, 0.2) is 0 Å². The topological polar surface area (TPSA) is 60.9 Å². The summed E-state index contributed by atoms with van der Waals surface area (Å²) in [7, 11) is 3.56. The van der Waals surface area contributed by atoms with Crippen LogP contribution in [0.4, 0.5) is 0 Å². The van der Waals surface area contributed by atoms with E-state index in [0.717, 1.165) is 5.56 Å². The van der Waals surface area contributed by atoms with Crippen LogP contribution in [-0.4, -0.2) is 47.6 Å². The highest BCUT2D eigenvalue weighted by Gasteiger charge is 2.16. The summed E-state index contributed by atoms with van der Waals surface area (Å²) in [6.07, 6.45) is 0.850. The number of hydrogen-bond acceptors (Lipinski definition) is 3. The first kappa shape index (κ1) is 15.2. The monoisotopic (exact) mass is 264 g/mol. The van der Waals surface area contributed by atoms with Gasteiger partial charge in [0, 0.05) is 27.1 Å². The maximum Gasteiger partial charge on any atom is 0.303 e. The minimum absolute atomic E-state index is 0.0263. The van der Waals surface area contributed by atoms with Crippen LogP contribution in [0.5, 0.6) is 0 Å². The summed E-state index contributed by atoms with van der Waals surface area (Å²) in [6, 6.07) is 9.51. The second kappa shape index (κ2) is 7.53. The van der Waals surface area contributed by atoms with E-state index >= 15 is 0 Å². The summed E-state index contributed by atoms with van der Waals surface area (Å²) in [4.78, 5) is 22.7. The average Bonchev–Trinajstić information content (AvgIpc) is 2.35. The minimum atomic E-state index is -0.839. The summed E-state index contributed by atoms with van der Waals surface area (Å²) in [5.74, 6) is -0.865. The Morgan fingerprint density at radius 3 is 2.32 bits per heavy atom. The van der Waals surface area contributed by atoms with E-state index in [1.807, 2.05) is 30.3 Å². The molecule has 19 heavy (non-hydrogen) atoms. The summed E-state index contributed by atoms with van der Waals surface area (Å²) in [5, 5.41) is 11.9. The third kappa shape index (κ3) is 5.52. The summed E-state index contributed by atoms with van der Waals surface area (Å²) < 4.78 is 0. The molecule has 5 nitrogen and oxygen atoms in total. The molecule has 0 aliphatic carbocycles. The van der Waals surface area contributed by atoms with Gasteiger partial charge in [-0.1, -0.05) is 30.3 Å².